The fraction of sp³-hybridized carbons (Fsp3) is 0.650. The van der Waals surface area contributed by atoms with Crippen LogP contribution in [0.4, 0.5) is 0 Å². The summed E-state index contributed by atoms with van der Waals surface area (Å²) in [4.78, 5) is 19.1. The average Bonchev–Trinajstić information content (AvgIpc) is 2.67. The van der Waals surface area contributed by atoms with Crippen LogP contribution in [0, 0.1) is 0 Å². The lowest BCUT2D eigenvalue weighted by atomic mass is 10.0. The number of benzene rings is 1. The Labute approximate surface area is 152 Å². The van der Waals surface area contributed by atoms with Gasteiger partial charge in [-0.1, -0.05) is 30.3 Å². The molecule has 2 aliphatic heterocycles. The summed E-state index contributed by atoms with van der Waals surface area (Å²) in [6.07, 6.45) is 3.02. The molecule has 2 fully saturated rings. The number of amides is 1. The normalized spacial score (nSPS) is 20.8. The van der Waals surface area contributed by atoms with Gasteiger partial charge in [-0.05, 0) is 38.5 Å². The van der Waals surface area contributed by atoms with Crippen LogP contribution < -0.4 is 5.32 Å². The third-order valence-corrected chi connectivity index (χ3v) is 5.52. The second-order valence-corrected chi connectivity index (χ2v) is 7.42. The van der Waals surface area contributed by atoms with Gasteiger partial charge in [-0.3, -0.25) is 4.79 Å². The van der Waals surface area contributed by atoms with Crippen molar-refractivity contribution in [2.75, 3.05) is 52.9 Å². The molecule has 1 aromatic rings. The van der Waals surface area contributed by atoms with Crippen molar-refractivity contribution in [1.82, 2.24) is 20.0 Å². The van der Waals surface area contributed by atoms with Crippen LogP contribution >= 0.6 is 0 Å². The monoisotopic (exact) mass is 344 g/mol. The Morgan fingerprint density at radius 3 is 2.40 bits per heavy atom. The summed E-state index contributed by atoms with van der Waals surface area (Å²) < 4.78 is 0. The van der Waals surface area contributed by atoms with Crippen molar-refractivity contribution in [1.29, 1.82) is 0 Å². The summed E-state index contributed by atoms with van der Waals surface area (Å²) in [6, 6.07) is 11.2. The fourth-order valence-electron chi connectivity index (χ4n) is 3.69. The number of carbonyl (C=O) groups is 1. The highest BCUT2D eigenvalue weighted by Crippen LogP contribution is 2.12. The molecule has 5 heteroatoms. The number of piperidine rings is 1. The van der Waals surface area contributed by atoms with E-state index in [-0.39, 0.29) is 0 Å². The molecular weight excluding hydrogens is 312 g/mol. The van der Waals surface area contributed by atoms with E-state index < -0.39 is 0 Å². The molecule has 3 rings (SSSR count). The number of rotatable bonds is 6. The minimum absolute atomic E-state index is 0.331. The SMILES string of the molecule is CN1CCN(C(=O)CCN2CCC(NCc3ccccc3)CC2)CC1. The highest BCUT2D eigenvalue weighted by molar-refractivity contribution is 5.76. The van der Waals surface area contributed by atoms with Crippen LogP contribution in [0.1, 0.15) is 24.8 Å². The molecule has 0 radical (unpaired) electrons. The Hall–Kier alpha value is -1.43. The number of carbonyl (C=O) groups excluding carboxylic acids is 1. The van der Waals surface area contributed by atoms with E-state index in [1.165, 1.54) is 18.4 Å². The van der Waals surface area contributed by atoms with E-state index in [9.17, 15) is 4.79 Å². The van der Waals surface area contributed by atoms with Crippen molar-refractivity contribution in [3.8, 4) is 0 Å². The standard InChI is InChI=1S/C20H32N4O/c1-22-13-15-24(16-14-22)20(25)9-12-23-10-7-19(8-11-23)21-17-18-5-3-2-4-6-18/h2-6,19,21H,7-17H2,1H3. The maximum atomic E-state index is 12.3. The van der Waals surface area contributed by atoms with Crippen molar-refractivity contribution in [2.45, 2.75) is 31.8 Å². The predicted octanol–water partition coefficient (Wildman–Crippen LogP) is 1.40. The quantitative estimate of drug-likeness (QED) is 0.847. The molecule has 1 aromatic carbocycles. The van der Waals surface area contributed by atoms with Gasteiger partial charge in [0.25, 0.3) is 0 Å². The summed E-state index contributed by atoms with van der Waals surface area (Å²) >= 11 is 0. The summed E-state index contributed by atoms with van der Waals surface area (Å²) in [7, 11) is 2.12. The second-order valence-electron chi connectivity index (χ2n) is 7.42. The molecule has 2 aliphatic rings. The van der Waals surface area contributed by atoms with Crippen LogP contribution in [0.2, 0.25) is 0 Å². The molecule has 2 heterocycles. The summed E-state index contributed by atoms with van der Waals surface area (Å²) in [5.41, 5.74) is 1.35. The first-order chi connectivity index (χ1) is 12.2. The molecule has 0 aromatic heterocycles. The zero-order valence-corrected chi connectivity index (χ0v) is 15.5. The molecule has 138 valence electrons. The molecule has 25 heavy (non-hydrogen) atoms. The maximum Gasteiger partial charge on any atom is 0.223 e. The number of nitrogens with zero attached hydrogens (tertiary/aromatic N) is 3. The van der Waals surface area contributed by atoms with Crippen molar-refractivity contribution >= 4 is 5.91 Å². The number of likely N-dealkylation sites (tertiary alicyclic amines) is 1. The van der Waals surface area contributed by atoms with Crippen LogP contribution in [-0.2, 0) is 11.3 Å². The van der Waals surface area contributed by atoms with Crippen LogP contribution in [0.5, 0.6) is 0 Å². The molecule has 0 atom stereocenters. The van der Waals surface area contributed by atoms with Gasteiger partial charge in [0.1, 0.15) is 0 Å². The third kappa shape index (κ3) is 5.80. The smallest absolute Gasteiger partial charge is 0.223 e. The minimum atomic E-state index is 0.331. The number of hydrogen-bond donors (Lipinski definition) is 1. The summed E-state index contributed by atoms with van der Waals surface area (Å²) in [6.45, 7) is 7.85. The lowest BCUT2D eigenvalue weighted by Crippen LogP contribution is -2.48. The lowest BCUT2D eigenvalue weighted by Gasteiger charge is -2.34. The van der Waals surface area contributed by atoms with E-state index in [2.05, 4.69) is 52.5 Å². The van der Waals surface area contributed by atoms with Crippen LogP contribution in [0.15, 0.2) is 30.3 Å². The van der Waals surface area contributed by atoms with Gasteiger partial charge in [0.2, 0.25) is 5.91 Å². The Morgan fingerprint density at radius 1 is 1.04 bits per heavy atom. The zero-order valence-electron chi connectivity index (χ0n) is 15.5. The van der Waals surface area contributed by atoms with Gasteiger partial charge in [0.15, 0.2) is 0 Å². The van der Waals surface area contributed by atoms with Crippen LogP contribution in [0.25, 0.3) is 0 Å². The summed E-state index contributed by atoms with van der Waals surface area (Å²) in [5.74, 6) is 0.331. The first-order valence-electron chi connectivity index (χ1n) is 9.67. The molecule has 0 unspecified atom stereocenters. The van der Waals surface area contributed by atoms with Crippen LogP contribution in [0.3, 0.4) is 0 Å². The molecule has 0 spiro atoms. The topological polar surface area (TPSA) is 38.8 Å². The predicted molar refractivity (Wildman–Crippen MR) is 101 cm³/mol. The molecule has 0 bridgehead atoms. The number of hydrogen-bond acceptors (Lipinski definition) is 4. The lowest BCUT2D eigenvalue weighted by molar-refractivity contribution is -0.133. The Kier molecular flexibility index (Phi) is 6.84. The highest BCUT2D eigenvalue weighted by Gasteiger charge is 2.22. The van der Waals surface area contributed by atoms with Crippen molar-refractivity contribution < 1.29 is 4.79 Å². The van der Waals surface area contributed by atoms with E-state index >= 15 is 0 Å². The van der Waals surface area contributed by atoms with Crippen molar-refractivity contribution in [3.05, 3.63) is 35.9 Å². The highest BCUT2D eigenvalue weighted by atomic mass is 16.2. The number of piperazine rings is 1. The molecular formula is C20H32N4O. The van der Waals surface area contributed by atoms with E-state index in [1.54, 1.807) is 0 Å². The number of nitrogens with one attached hydrogen (secondary N) is 1. The Bertz CT molecular complexity index is 520. The molecule has 5 nitrogen and oxygen atoms in total. The Morgan fingerprint density at radius 2 is 1.72 bits per heavy atom. The zero-order chi connectivity index (χ0) is 17.5. The van der Waals surface area contributed by atoms with E-state index in [0.717, 1.165) is 52.4 Å². The number of likely N-dealkylation sites (N-methyl/N-ethyl adjacent to an activating group) is 1. The van der Waals surface area contributed by atoms with Crippen molar-refractivity contribution in [3.63, 3.8) is 0 Å². The van der Waals surface area contributed by atoms with Gasteiger partial charge in [0.05, 0.1) is 0 Å². The average molecular weight is 345 g/mol. The van der Waals surface area contributed by atoms with Crippen molar-refractivity contribution in [2.24, 2.45) is 0 Å². The molecule has 1 N–H and O–H groups in total. The minimum Gasteiger partial charge on any atom is -0.340 e. The first-order valence-corrected chi connectivity index (χ1v) is 9.67. The van der Waals surface area contributed by atoms with E-state index in [4.69, 9.17) is 0 Å². The fourth-order valence-corrected chi connectivity index (χ4v) is 3.69. The van der Waals surface area contributed by atoms with Gasteiger partial charge >= 0.3 is 0 Å². The van der Waals surface area contributed by atoms with E-state index in [0.29, 0.717) is 18.4 Å². The van der Waals surface area contributed by atoms with Gasteiger partial charge in [0, 0.05) is 51.7 Å². The van der Waals surface area contributed by atoms with Crippen LogP contribution in [-0.4, -0.2) is 79.5 Å². The van der Waals surface area contributed by atoms with E-state index in [1.807, 2.05) is 4.90 Å². The molecule has 0 aliphatic carbocycles. The third-order valence-electron chi connectivity index (χ3n) is 5.52. The second kappa shape index (κ2) is 9.32. The Balaban J connectivity index is 1.30. The maximum absolute atomic E-state index is 12.3. The van der Waals surface area contributed by atoms with Gasteiger partial charge < -0.3 is 20.0 Å². The largest absolute Gasteiger partial charge is 0.340 e. The summed E-state index contributed by atoms with van der Waals surface area (Å²) in [5, 5.41) is 3.67. The molecule has 2 saturated heterocycles. The molecule has 0 saturated carbocycles. The van der Waals surface area contributed by atoms with Gasteiger partial charge in [-0.15, -0.1) is 0 Å². The van der Waals surface area contributed by atoms with Gasteiger partial charge in [-0.2, -0.15) is 0 Å². The van der Waals surface area contributed by atoms with Gasteiger partial charge in [-0.25, -0.2) is 0 Å². The first kappa shape index (κ1) is 18.4. The molecule has 1 amide bonds.